The van der Waals surface area contributed by atoms with E-state index < -0.39 is 0 Å². The predicted octanol–water partition coefficient (Wildman–Crippen LogP) is 1.89. The van der Waals surface area contributed by atoms with Crippen LogP contribution in [0.2, 0.25) is 0 Å². The SMILES string of the molecule is O=C(NC1CC1)C1CCCN(Cc2csc3cncn23)C1. The highest BCUT2D eigenvalue weighted by molar-refractivity contribution is 7.15. The van der Waals surface area contributed by atoms with Crippen LogP contribution >= 0.6 is 11.3 Å². The van der Waals surface area contributed by atoms with Gasteiger partial charge in [-0.25, -0.2) is 4.98 Å². The minimum absolute atomic E-state index is 0.163. The van der Waals surface area contributed by atoms with Crippen molar-refractivity contribution in [3.63, 3.8) is 0 Å². The Kier molecular flexibility index (Phi) is 3.43. The molecule has 1 aliphatic carbocycles. The molecule has 1 saturated heterocycles. The van der Waals surface area contributed by atoms with Crippen LogP contribution in [0.1, 0.15) is 31.4 Å². The number of hydrogen-bond donors (Lipinski definition) is 1. The number of thiazole rings is 1. The van der Waals surface area contributed by atoms with Crippen LogP contribution in [0.25, 0.3) is 4.83 Å². The molecular formula is C15H20N4OS. The maximum atomic E-state index is 12.2. The molecule has 2 aromatic heterocycles. The molecule has 1 aliphatic heterocycles. The van der Waals surface area contributed by atoms with E-state index in [0.29, 0.717) is 6.04 Å². The fourth-order valence-electron chi connectivity index (χ4n) is 3.07. The van der Waals surface area contributed by atoms with Gasteiger partial charge in [-0.2, -0.15) is 0 Å². The van der Waals surface area contributed by atoms with Crippen LogP contribution in [0.4, 0.5) is 0 Å². The maximum absolute atomic E-state index is 12.2. The molecule has 2 aliphatic rings. The third-order valence-corrected chi connectivity index (χ3v) is 5.35. The number of imidazole rings is 1. The summed E-state index contributed by atoms with van der Waals surface area (Å²) in [5, 5.41) is 5.35. The van der Waals surface area contributed by atoms with Gasteiger partial charge in [0.05, 0.1) is 12.1 Å². The second kappa shape index (κ2) is 5.42. The van der Waals surface area contributed by atoms with Crippen LogP contribution in [0, 0.1) is 5.92 Å². The van der Waals surface area contributed by atoms with Crippen LogP contribution in [-0.2, 0) is 11.3 Å². The molecular weight excluding hydrogens is 284 g/mol. The smallest absolute Gasteiger partial charge is 0.224 e. The van der Waals surface area contributed by atoms with Gasteiger partial charge < -0.3 is 5.32 Å². The summed E-state index contributed by atoms with van der Waals surface area (Å²) in [5.74, 6) is 0.427. The summed E-state index contributed by atoms with van der Waals surface area (Å²) in [6, 6.07) is 0.468. The van der Waals surface area contributed by atoms with Gasteiger partial charge in [0.2, 0.25) is 5.91 Å². The summed E-state index contributed by atoms with van der Waals surface area (Å²) in [6.07, 6.45) is 8.24. The number of fused-ring (bicyclic) bond motifs is 1. The third kappa shape index (κ3) is 2.82. The van der Waals surface area contributed by atoms with Crippen molar-refractivity contribution in [3.05, 3.63) is 23.6 Å². The first-order chi connectivity index (χ1) is 10.3. The predicted molar refractivity (Wildman–Crippen MR) is 82.2 cm³/mol. The molecule has 1 amide bonds. The van der Waals surface area contributed by atoms with E-state index in [2.05, 4.69) is 25.0 Å². The van der Waals surface area contributed by atoms with E-state index in [1.807, 2.05) is 12.5 Å². The monoisotopic (exact) mass is 304 g/mol. The lowest BCUT2D eigenvalue weighted by Crippen LogP contribution is -2.43. The van der Waals surface area contributed by atoms with Crippen LogP contribution < -0.4 is 5.32 Å². The van der Waals surface area contributed by atoms with E-state index in [-0.39, 0.29) is 11.8 Å². The largest absolute Gasteiger partial charge is 0.353 e. The highest BCUT2D eigenvalue weighted by atomic mass is 32.1. The average Bonchev–Trinajstić information content (AvgIpc) is 3.04. The lowest BCUT2D eigenvalue weighted by Gasteiger charge is -2.31. The van der Waals surface area contributed by atoms with Gasteiger partial charge >= 0.3 is 0 Å². The summed E-state index contributed by atoms with van der Waals surface area (Å²) < 4.78 is 2.15. The first-order valence-electron chi connectivity index (χ1n) is 7.71. The van der Waals surface area contributed by atoms with Gasteiger partial charge in [0.1, 0.15) is 11.2 Å². The van der Waals surface area contributed by atoms with Gasteiger partial charge in [-0.3, -0.25) is 14.1 Å². The van der Waals surface area contributed by atoms with Crippen molar-refractivity contribution in [3.8, 4) is 0 Å². The average molecular weight is 304 g/mol. The maximum Gasteiger partial charge on any atom is 0.224 e. The lowest BCUT2D eigenvalue weighted by molar-refractivity contribution is -0.126. The Morgan fingerprint density at radius 1 is 1.43 bits per heavy atom. The second-order valence-electron chi connectivity index (χ2n) is 6.19. The van der Waals surface area contributed by atoms with E-state index in [1.54, 1.807) is 11.3 Å². The summed E-state index contributed by atoms with van der Waals surface area (Å²) in [5.41, 5.74) is 1.27. The zero-order valence-corrected chi connectivity index (χ0v) is 12.8. The van der Waals surface area contributed by atoms with E-state index in [1.165, 1.54) is 10.5 Å². The van der Waals surface area contributed by atoms with Gasteiger partial charge in [-0.05, 0) is 32.2 Å². The summed E-state index contributed by atoms with van der Waals surface area (Å²) in [4.78, 5) is 20.0. The highest BCUT2D eigenvalue weighted by Crippen LogP contribution is 2.24. The summed E-state index contributed by atoms with van der Waals surface area (Å²) >= 11 is 1.73. The molecule has 1 saturated carbocycles. The molecule has 0 aromatic carbocycles. The number of rotatable bonds is 4. The number of nitrogens with zero attached hydrogens (tertiary/aromatic N) is 3. The second-order valence-corrected chi connectivity index (χ2v) is 7.08. The molecule has 4 rings (SSSR count). The highest BCUT2D eigenvalue weighted by Gasteiger charge is 2.30. The Morgan fingerprint density at radius 3 is 3.19 bits per heavy atom. The van der Waals surface area contributed by atoms with Crippen LogP contribution in [0.15, 0.2) is 17.9 Å². The Labute approximate surface area is 128 Å². The first-order valence-corrected chi connectivity index (χ1v) is 8.59. The van der Waals surface area contributed by atoms with Crippen molar-refractivity contribution in [2.75, 3.05) is 13.1 Å². The Bertz CT molecular complexity index is 645. The van der Waals surface area contributed by atoms with Gasteiger partial charge in [0.25, 0.3) is 0 Å². The number of hydrogen-bond acceptors (Lipinski definition) is 4. The van der Waals surface area contributed by atoms with Crippen molar-refractivity contribution in [1.82, 2.24) is 19.6 Å². The van der Waals surface area contributed by atoms with Gasteiger partial charge in [0, 0.05) is 30.2 Å². The number of likely N-dealkylation sites (tertiary alicyclic amines) is 1. The molecule has 0 bridgehead atoms. The van der Waals surface area contributed by atoms with E-state index in [4.69, 9.17) is 0 Å². The minimum atomic E-state index is 0.163. The van der Waals surface area contributed by atoms with E-state index in [0.717, 1.165) is 45.3 Å². The zero-order chi connectivity index (χ0) is 14.2. The number of aromatic nitrogens is 2. The van der Waals surface area contributed by atoms with E-state index >= 15 is 0 Å². The number of nitrogens with one attached hydrogen (secondary N) is 1. The van der Waals surface area contributed by atoms with E-state index in [9.17, 15) is 4.79 Å². The summed E-state index contributed by atoms with van der Waals surface area (Å²) in [7, 11) is 0. The topological polar surface area (TPSA) is 49.6 Å². The van der Waals surface area contributed by atoms with Crippen LogP contribution in [-0.4, -0.2) is 39.3 Å². The molecule has 112 valence electrons. The molecule has 0 spiro atoms. The zero-order valence-electron chi connectivity index (χ0n) is 12.0. The van der Waals surface area contributed by atoms with Crippen molar-refractivity contribution >= 4 is 22.1 Å². The summed E-state index contributed by atoms with van der Waals surface area (Å²) in [6.45, 7) is 2.87. The Hall–Kier alpha value is -1.40. The molecule has 3 heterocycles. The molecule has 1 unspecified atom stereocenters. The third-order valence-electron chi connectivity index (χ3n) is 4.42. The number of carbonyl (C=O) groups is 1. The van der Waals surface area contributed by atoms with Gasteiger partial charge in [-0.1, -0.05) is 0 Å². The van der Waals surface area contributed by atoms with Gasteiger partial charge in [0.15, 0.2) is 0 Å². The lowest BCUT2D eigenvalue weighted by atomic mass is 9.97. The number of amides is 1. The molecule has 1 atom stereocenters. The van der Waals surface area contributed by atoms with Crippen molar-refractivity contribution in [1.29, 1.82) is 0 Å². The fraction of sp³-hybridized carbons (Fsp3) is 0.600. The molecule has 6 heteroatoms. The molecule has 5 nitrogen and oxygen atoms in total. The van der Waals surface area contributed by atoms with Crippen molar-refractivity contribution < 1.29 is 4.79 Å². The fourth-order valence-corrected chi connectivity index (χ4v) is 3.92. The molecule has 21 heavy (non-hydrogen) atoms. The molecule has 0 radical (unpaired) electrons. The Balaban J connectivity index is 1.40. The van der Waals surface area contributed by atoms with Crippen LogP contribution in [0.5, 0.6) is 0 Å². The van der Waals surface area contributed by atoms with Crippen molar-refractivity contribution in [2.45, 2.75) is 38.3 Å². The first kappa shape index (κ1) is 13.3. The number of piperidine rings is 1. The standard InChI is InChI=1S/C15H20N4OS/c20-15(17-12-3-4-12)11-2-1-5-18(7-11)8-13-9-21-14-6-16-10-19(13)14/h6,9-12H,1-5,7-8H2,(H,17,20). The molecule has 2 aromatic rings. The Morgan fingerprint density at radius 2 is 2.33 bits per heavy atom. The molecule has 1 N–H and O–H groups in total. The molecule has 2 fully saturated rings. The van der Waals surface area contributed by atoms with Crippen molar-refractivity contribution in [2.24, 2.45) is 5.92 Å². The minimum Gasteiger partial charge on any atom is -0.353 e. The normalized spacial score (nSPS) is 23.5. The van der Waals surface area contributed by atoms with Gasteiger partial charge in [-0.15, -0.1) is 11.3 Å². The van der Waals surface area contributed by atoms with Crippen LogP contribution in [0.3, 0.4) is 0 Å². The quantitative estimate of drug-likeness (QED) is 0.938. The number of carbonyl (C=O) groups excluding carboxylic acids is 1.